The maximum absolute atomic E-state index is 12.5. The third kappa shape index (κ3) is 10.4. The second-order valence-corrected chi connectivity index (χ2v) is 9.89. The molecule has 37 heavy (non-hydrogen) atoms. The van der Waals surface area contributed by atoms with Gasteiger partial charge in [-0.15, -0.1) is 0 Å². The summed E-state index contributed by atoms with van der Waals surface area (Å²) in [7, 11) is 0. The van der Waals surface area contributed by atoms with Crippen LogP contribution in [0.2, 0.25) is 0 Å². The first-order chi connectivity index (χ1) is 18.0. The Bertz CT molecular complexity index is 1040. The minimum Gasteiger partial charge on any atom is -0.494 e. The van der Waals surface area contributed by atoms with Crippen LogP contribution in [-0.4, -0.2) is 24.1 Å². The van der Waals surface area contributed by atoms with Crippen molar-refractivity contribution < 1.29 is 19.1 Å². The van der Waals surface area contributed by atoms with E-state index in [-0.39, 0.29) is 5.78 Å². The highest BCUT2D eigenvalue weighted by atomic mass is 16.5. The topological polar surface area (TPSA) is 76.5 Å². The quantitative estimate of drug-likeness (QED) is 0.115. The number of carbonyl (C=O) groups excluding carboxylic acids is 2. The molecule has 2 aromatic rings. The normalized spacial score (nSPS) is 14.7. The van der Waals surface area contributed by atoms with E-state index in [1.165, 1.54) is 57.8 Å². The van der Waals surface area contributed by atoms with E-state index in [4.69, 9.17) is 14.9 Å². The van der Waals surface area contributed by atoms with Gasteiger partial charge in [-0.3, -0.25) is 4.79 Å². The summed E-state index contributed by atoms with van der Waals surface area (Å²) in [5.74, 6) is 0.872. The lowest BCUT2D eigenvalue weighted by atomic mass is 9.90. The van der Waals surface area contributed by atoms with Gasteiger partial charge >= 0.3 is 5.97 Å². The largest absolute Gasteiger partial charge is 0.494 e. The molecule has 0 unspecified atom stereocenters. The summed E-state index contributed by atoms with van der Waals surface area (Å²) < 4.78 is 11.3. The van der Waals surface area contributed by atoms with Gasteiger partial charge in [0.1, 0.15) is 11.5 Å². The smallest absolute Gasteiger partial charge is 0.343 e. The Morgan fingerprint density at radius 3 is 2.05 bits per heavy atom. The lowest BCUT2D eigenvalue weighted by Gasteiger charge is -2.14. The number of Topliss-reactive ketones (excluding diaryl/α,β-unsaturated/α-hetero) is 1. The number of benzene rings is 2. The molecule has 0 atom stereocenters. The van der Waals surface area contributed by atoms with Crippen LogP contribution in [0.25, 0.3) is 6.08 Å². The first kappa shape index (κ1) is 28.4. The van der Waals surface area contributed by atoms with Crippen molar-refractivity contribution in [3.8, 4) is 11.5 Å². The predicted octanol–water partition coefficient (Wildman–Crippen LogP) is 8.36. The second kappa shape index (κ2) is 15.8. The van der Waals surface area contributed by atoms with Crippen molar-refractivity contribution in [1.82, 2.24) is 0 Å². The third-order valence-electron chi connectivity index (χ3n) is 6.70. The van der Waals surface area contributed by atoms with Crippen LogP contribution in [-0.2, 0) is 4.79 Å². The van der Waals surface area contributed by atoms with E-state index in [0.717, 1.165) is 17.7 Å². The van der Waals surface area contributed by atoms with Crippen LogP contribution in [0.4, 0.5) is 0 Å². The molecule has 0 aliphatic heterocycles. The average molecular weight is 504 g/mol. The minimum absolute atomic E-state index is 0.0995. The van der Waals surface area contributed by atoms with E-state index in [2.05, 4.69) is 6.92 Å². The lowest BCUT2D eigenvalue weighted by molar-refractivity contribution is -0.115. The van der Waals surface area contributed by atoms with E-state index in [1.54, 1.807) is 36.4 Å². The van der Waals surface area contributed by atoms with Crippen molar-refractivity contribution in [2.45, 2.75) is 90.4 Å². The third-order valence-corrected chi connectivity index (χ3v) is 6.70. The maximum atomic E-state index is 12.5. The Labute approximate surface area is 221 Å². The molecule has 1 saturated carbocycles. The van der Waals surface area contributed by atoms with Gasteiger partial charge < -0.3 is 14.9 Å². The number of rotatable bonds is 15. The average Bonchev–Trinajstić information content (AvgIpc) is 2.91. The van der Waals surface area contributed by atoms with Gasteiger partial charge in [0.25, 0.3) is 0 Å². The van der Waals surface area contributed by atoms with Gasteiger partial charge in [-0.25, -0.2) is 4.79 Å². The van der Waals surface area contributed by atoms with Crippen molar-refractivity contribution in [2.24, 2.45) is 0 Å². The summed E-state index contributed by atoms with van der Waals surface area (Å²) in [6.07, 6.45) is 16.1. The lowest BCUT2D eigenvalue weighted by Crippen LogP contribution is -2.15. The van der Waals surface area contributed by atoms with Crippen molar-refractivity contribution in [3.05, 3.63) is 65.2 Å². The molecular formula is C32H41NO4. The van der Waals surface area contributed by atoms with Gasteiger partial charge in [0.2, 0.25) is 0 Å². The Kier molecular flexibility index (Phi) is 12.1. The maximum Gasteiger partial charge on any atom is 0.343 e. The fraction of sp³-hybridized carbons (Fsp3) is 0.469. The number of hydrogen-bond acceptors (Lipinski definition) is 5. The highest BCUT2D eigenvalue weighted by Gasteiger charge is 2.18. The van der Waals surface area contributed by atoms with Crippen LogP contribution in [0, 0.1) is 5.41 Å². The van der Waals surface area contributed by atoms with Gasteiger partial charge in [-0.05, 0) is 60.9 Å². The number of carbonyl (C=O) groups is 2. The van der Waals surface area contributed by atoms with E-state index in [9.17, 15) is 9.59 Å². The van der Waals surface area contributed by atoms with Crippen molar-refractivity contribution in [3.63, 3.8) is 0 Å². The van der Waals surface area contributed by atoms with E-state index >= 15 is 0 Å². The molecule has 5 nitrogen and oxygen atoms in total. The molecule has 1 aliphatic rings. The van der Waals surface area contributed by atoms with E-state index < -0.39 is 5.97 Å². The Hall–Kier alpha value is -3.21. The van der Waals surface area contributed by atoms with E-state index in [1.807, 2.05) is 18.2 Å². The molecule has 3 rings (SSSR count). The standard InChI is InChI=1S/C32H41NO4/c1-2-3-4-5-6-7-8-9-10-11-22-36-29-19-14-26(15-20-29)32(35)37-30-17-12-25(13-18-30)23-27-24-28(33)16-21-31(27)34/h12-15,17-20,23,33H,2-11,16,21-22,24H2,1H3. The SMILES string of the molecule is CCCCCCCCCCCCOc1ccc(C(=O)Oc2ccc(C=C3CC(=N)CCC3=O)cc2)cc1. The molecule has 0 radical (unpaired) electrons. The molecule has 0 spiro atoms. The summed E-state index contributed by atoms with van der Waals surface area (Å²) in [5, 5.41) is 7.81. The fourth-order valence-corrected chi connectivity index (χ4v) is 4.44. The molecule has 0 aromatic heterocycles. The number of unbranched alkanes of at least 4 members (excludes halogenated alkanes) is 9. The molecule has 1 fully saturated rings. The second-order valence-electron chi connectivity index (χ2n) is 9.89. The van der Waals surface area contributed by atoms with Crippen molar-refractivity contribution in [2.75, 3.05) is 6.61 Å². The summed E-state index contributed by atoms with van der Waals surface area (Å²) in [6, 6.07) is 14.1. The summed E-state index contributed by atoms with van der Waals surface area (Å²) in [4.78, 5) is 24.6. The molecule has 0 heterocycles. The van der Waals surface area contributed by atoms with Crippen molar-refractivity contribution >= 4 is 23.5 Å². The minimum atomic E-state index is -0.428. The number of allylic oxidation sites excluding steroid dienone is 1. The van der Waals surface area contributed by atoms with Crippen LogP contribution in [0.15, 0.2) is 54.1 Å². The van der Waals surface area contributed by atoms with Gasteiger partial charge in [0, 0.05) is 24.1 Å². The monoisotopic (exact) mass is 503 g/mol. The number of ketones is 1. The van der Waals surface area contributed by atoms with Crippen LogP contribution in [0.3, 0.4) is 0 Å². The number of esters is 1. The Balaban J connectivity index is 1.35. The zero-order valence-corrected chi connectivity index (χ0v) is 22.2. The van der Waals surface area contributed by atoms with Crippen LogP contribution >= 0.6 is 0 Å². The van der Waals surface area contributed by atoms with Crippen molar-refractivity contribution in [1.29, 1.82) is 5.41 Å². The number of nitrogens with one attached hydrogen (secondary N) is 1. The van der Waals surface area contributed by atoms with Gasteiger partial charge in [-0.2, -0.15) is 0 Å². The molecule has 198 valence electrons. The van der Waals surface area contributed by atoms with Gasteiger partial charge in [0.05, 0.1) is 12.2 Å². The molecule has 5 heteroatoms. The molecule has 0 saturated heterocycles. The molecule has 1 aliphatic carbocycles. The highest BCUT2D eigenvalue weighted by Crippen LogP contribution is 2.22. The Morgan fingerprint density at radius 2 is 1.41 bits per heavy atom. The van der Waals surface area contributed by atoms with Gasteiger partial charge in [-0.1, -0.05) is 76.8 Å². The highest BCUT2D eigenvalue weighted by molar-refractivity contribution is 6.09. The number of hydrogen-bond donors (Lipinski definition) is 1. The van der Waals surface area contributed by atoms with E-state index in [0.29, 0.717) is 48.5 Å². The number of ether oxygens (including phenoxy) is 2. The van der Waals surface area contributed by atoms with Gasteiger partial charge in [0.15, 0.2) is 5.78 Å². The summed E-state index contributed by atoms with van der Waals surface area (Å²) in [5.41, 5.74) is 2.56. The molecule has 2 aromatic carbocycles. The molecule has 0 amide bonds. The summed E-state index contributed by atoms with van der Waals surface area (Å²) in [6.45, 7) is 2.94. The summed E-state index contributed by atoms with van der Waals surface area (Å²) >= 11 is 0. The van der Waals surface area contributed by atoms with Crippen LogP contribution < -0.4 is 9.47 Å². The first-order valence-corrected chi connectivity index (χ1v) is 13.9. The zero-order chi connectivity index (χ0) is 26.3. The van der Waals surface area contributed by atoms with Crippen LogP contribution in [0.1, 0.15) is 106 Å². The molecule has 1 N–H and O–H groups in total. The fourth-order valence-electron chi connectivity index (χ4n) is 4.44. The zero-order valence-electron chi connectivity index (χ0n) is 22.2. The Morgan fingerprint density at radius 1 is 0.811 bits per heavy atom. The predicted molar refractivity (Wildman–Crippen MR) is 150 cm³/mol. The first-order valence-electron chi connectivity index (χ1n) is 13.9. The molecular weight excluding hydrogens is 462 g/mol. The van der Waals surface area contributed by atoms with Crippen LogP contribution in [0.5, 0.6) is 11.5 Å². The molecule has 0 bridgehead atoms.